The molecular formula is C17H23N3O. The van der Waals surface area contributed by atoms with Crippen LogP contribution in [0, 0.1) is 13.8 Å². The average Bonchev–Trinajstić information content (AvgIpc) is 2.98. The number of rotatable bonds is 7. The molecule has 0 aliphatic heterocycles. The number of hydrogen-bond acceptors (Lipinski definition) is 3. The molecule has 112 valence electrons. The zero-order valence-electron chi connectivity index (χ0n) is 13.0. The fourth-order valence-corrected chi connectivity index (χ4v) is 2.24. The van der Waals surface area contributed by atoms with Crippen LogP contribution in [0.3, 0.4) is 0 Å². The fourth-order valence-electron chi connectivity index (χ4n) is 2.24. The van der Waals surface area contributed by atoms with Crippen LogP contribution in [-0.2, 0) is 6.54 Å². The van der Waals surface area contributed by atoms with Crippen LogP contribution < -0.4 is 5.32 Å². The highest BCUT2D eigenvalue weighted by Gasteiger charge is 2.14. The third-order valence-corrected chi connectivity index (χ3v) is 3.79. The minimum absolute atomic E-state index is 0.153. The number of benzene rings is 1. The Labute approximate surface area is 126 Å². The number of aryl methyl sites for hydroxylation is 3. The summed E-state index contributed by atoms with van der Waals surface area (Å²) in [7, 11) is 0. The van der Waals surface area contributed by atoms with Gasteiger partial charge in [0.05, 0.1) is 12.4 Å². The van der Waals surface area contributed by atoms with Gasteiger partial charge < -0.3 is 9.88 Å². The van der Waals surface area contributed by atoms with E-state index in [2.05, 4.69) is 17.2 Å². The number of imidazole rings is 1. The second-order valence-corrected chi connectivity index (χ2v) is 5.49. The number of aromatic nitrogens is 2. The Morgan fingerprint density at radius 2 is 2.14 bits per heavy atom. The molecule has 1 N–H and O–H groups in total. The van der Waals surface area contributed by atoms with Crippen molar-refractivity contribution in [3.63, 3.8) is 0 Å². The maximum atomic E-state index is 12.4. The topological polar surface area (TPSA) is 46.9 Å². The fraction of sp³-hybridized carbons (Fsp3) is 0.412. The van der Waals surface area contributed by atoms with Crippen LogP contribution in [-0.4, -0.2) is 27.9 Å². The summed E-state index contributed by atoms with van der Waals surface area (Å²) >= 11 is 0. The quantitative estimate of drug-likeness (QED) is 0.628. The maximum absolute atomic E-state index is 12.4. The van der Waals surface area contributed by atoms with E-state index in [4.69, 9.17) is 0 Å². The van der Waals surface area contributed by atoms with Crippen LogP contribution in [0.2, 0.25) is 0 Å². The first-order valence-electron chi connectivity index (χ1n) is 7.38. The first kappa shape index (κ1) is 15.4. The van der Waals surface area contributed by atoms with Gasteiger partial charge in [0.15, 0.2) is 5.78 Å². The van der Waals surface area contributed by atoms with Crippen LogP contribution in [0.1, 0.15) is 34.8 Å². The van der Waals surface area contributed by atoms with Crippen LogP contribution in [0.15, 0.2) is 36.9 Å². The molecule has 1 atom stereocenters. The van der Waals surface area contributed by atoms with Gasteiger partial charge in [0.1, 0.15) is 0 Å². The van der Waals surface area contributed by atoms with Crippen molar-refractivity contribution in [1.82, 2.24) is 14.9 Å². The van der Waals surface area contributed by atoms with E-state index in [1.807, 2.05) is 49.1 Å². The number of hydrogen-bond donors (Lipinski definition) is 1. The van der Waals surface area contributed by atoms with Gasteiger partial charge in [-0.05, 0) is 50.9 Å². The molecule has 2 rings (SSSR count). The molecular weight excluding hydrogens is 262 g/mol. The zero-order valence-corrected chi connectivity index (χ0v) is 13.0. The Balaban J connectivity index is 1.80. The average molecular weight is 285 g/mol. The summed E-state index contributed by atoms with van der Waals surface area (Å²) in [4.78, 5) is 16.4. The molecule has 1 aromatic carbocycles. The lowest BCUT2D eigenvalue weighted by Crippen LogP contribution is -2.35. The van der Waals surface area contributed by atoms with Crippen LogP contribution in [0.25, 0.3) is 0 Å². The second kappa shape index (κ2) is 7.18. The normalized spacial score (nSPS) is 12.3. The molecule has 1 unspecified atom stereocenters. The Hall–Kier alpha value is -1.94. The number of carbonyl (C=O) groups excluding carboxylic acids is 1. The highest BCUT2D eigenvalue weighted by molar-refractivity contribution is 6.00. The van der Waals surface area contributed by atoms with Crippen molar-refractivity contribution in [1.29, 1.82) is 0 Å². The van der Waals surface area contributed by atoms with Crippen LogP contribution in [0.4, 0.5) is 0 Å². The third-order valence-electron chi connectivity index (χ3n) is 3.79. The van der Waals surface area contributed by atoms with E-state index in [1.165, 1.54) is 5.56 Å². The van der Waals surface area contributed by atoms with Crippen molar-refractivity contribution in [2.24, 2.45) is 0 Å². The van der Waals surface area contributed by atoms with E-state index >= 15 is 0 Å². The molecule has 2 aromatic rings. The molecule has 0 amide bonds. The summed E-state index contributed by atoms with van der Waals surface area (Å²) in [5.41, 5.74) is 3.16. The van der Waals surface area contributed by atoms with E-state index in [-0.39, 0.29) is 11.8 Å². The highest BCUT2D eigenvalue weighted by atomic mass is 16.1. The van der Waals surface area contributed by atoms with Crippen molar-refractivity contribution >= 4 is 5.78 Å². The zero-order chi connectivity index (χ0) is 15.2. The lowest BCUT2D eigenvalue weighted by Gasteiger charge is -2.14. The summed E-state index contributed by atoms with van der Waals surface area (Å²) in [6, 6.07) is 5.74. The van der Waals surface area contributed by atoms with Crippen molar-refractivity contribution in [2.75, 3.05) is 6.54 Å². The molecule has 0 saturated heterocycles. The van der Waals surface area contributed by atoms with E-state index < -0.39 is 0 Å². The van der Waals surface area contributed by atoms with Crippen molar-refractivity contribution in [3.05, 3.63) is 53.6 Å². The Bertz CT molecular complexity index is 590. The predicted molar refractivity (Wildman–Crippen MR) is 84.6 cm³/mol. The number of ketones is 1. The van der Waals surface area contributed by atoms with Crippen molar-refractivity contribution in [3.8, 4) is 0 Å². The van der Waals surface area contributed by atoms with Gasteiger partial charge in [0.25, 0.3) is 0 Å². The van der Waals surface area contributed by atoms with Gasteiger partial charge in [-0.3, -0.25) is 4.79 Å². The van der Waals surface area contributed by atoms with E-state index in [0.717, 1.165) is 30.6 Å². The summed E-state index contributed by atoms with van der Waals surface area (Å²) in [6.07, 6.45) is 6.51. The summed E-state index contributed by atoms with van der Waals surface area (Å²) in [6.45, 7) is 7.75. The number of carbonyl (C=O) groups is 1. The summed E-state index contributed by atoms with van der Waals surface area (Å²) in [5, 5.41) is 3.29. The Kier molecular flexibility index (Phi) is 5.28. The maximum Gasteiger partial charge on any atom is 0.179 e. The van der Waals surface area contributed by atoms with Gasteiger partial charge in [0, 0.05) is 24.5 Å². The molecule has 0 radical (unpaired) electrons. The lowest BCUT2D eigenvalue weighted by atomic mass is 10.0. The van der Waals surface area contributed by atoms with Gasteiger partial charge >= 0.3 is 0 Å². The third kappa shape index (κ3) is 4.26. The van der Waals surface area contributed by atoms with Gasteiger partial charge in [-0.1, -0.05) is 12.1 Å². The van der Waals surface area contributed by atoms with Crippen LogP contribution >= 0.6 is 0 Å². The summed E-state index contributed by atoms with van der Waals surface area (Å²) in [5.74, 6) is 0.153. The number of Topliss-reactive ketones (excluding diaryl/α,β-unsaturated/α-hetero) is 1. The smallest absolute Gasteiger partial charge is 0.179 e. The van der Waals surface area contributed by atoms with E-state index in [1.54, 1.807) is 6.20 Å². The van der Waals surface area contributed by atoms with Crippen molar-refractivity contribution in [2.45, 2.75) is 39.8 Å². The largest absolute Gasteiger partial charge is 0.337 e. The molecule has 1 aromatic heterocycles. The van der Waals surface area contributed by atoms with E-state index in [9.17, 15) is 4.79 Å². The minimum Gasteiger partial charge on any atom is -0.337 e. The van der Waals surface area contributed by atoms with Gasteiger partial charge in [-0.25, -0.2) is 4.98 Å². The molecule has 0 aliphatic carbocycles. The molecule has 4 heteroatoms. The minimum atomic E-state index is -0.158. The van der Waals surface area contributed by atoms with Crippen LogP contribution in [0.5, 0.6) is 0 Å². The molecule has 0 fully saturated rings. The number of nitrogens with one attached hydrogen (secondary N) is 1. The first-order chi connectivity index (χ1) is 10.1. The lowest BCUT2D eigenvalue weighted by molar-refractivity contribution is 0.0951. The standard InChI is InChI=1S/C17H23N3O/c1-13-5-6-16(11-14(13)2)17(21)15(3)19-7-4-9-20-10-8-18-12-20/h5-6,8,10-12,15,19H,4,7,9H2,1-3H3. The number of nitrogens with zero attached hydrogens (tertiary/aromatic N) is 2. The molecule has 0 saturated carbocycles. The summed E-state index contributed by atoms with van der Waals surface area (Å²) < 4.78 is 2.04. The second-order valence-electron chi connectivity index (χ2n) is 5.49. The van der Waals surface area contributed by atoms with Gasteiger partial charge in [-0.2, -0.15) is 0 Å². The van der Waals surface area contributed by atoms with Gasteiger partial charge in [-0.15, -0.1) is 0 Å². The van der Waals surface area contributed by atoms with Crippen molar-refractivity contribution < 1.29 is 4.79 Å². The monoisotopic (exact) mass is 285 g/mol. The molecule has 4 nitrogen and oxygen atoms in total. The highest BCUT2D eigenvalue weighted by Crippen LogP contribution is 2.11. The SMILES string of the molecule is Cc1ccc(C(=O)C(C)NCCCn2ccnc2)cc1C. The van der Waals surface area contributed by atoms with Gasteiger partial charge in [0.2, 0.25) is 0 Å². The molecule has 21 heavy (non-hydrogen) atoms. The van der Waals surface area contributed by atoms with E-state index in [0.29, 0.717) is 0 Å². The molecule has 0 bridgehead atoms. The molecule has 1 heterocycles. The Morgan fingerprint density at radius 1 is 1.33 bits per heavy atom. The predicted octanol–water partition coefficient (Wildman–Crippen LogP) is 2.75. The first-order valence-corrected chi connectivity index (χ1v) is 7.38. The Morgan fingerprint density at radius 3 is 2.81 bits per heavy atom. The molecule has 0 aliphatic rings. The molecule has 0 spiro atoms.